The van der Waals surface area contributed by atoms with Crippen molar-refractivity contribution in [2.45, 2.75) is 19.8 Å². The fraction of sp³-hybridized carbons (Fsp3) is 0.273. The van der Waals surface area contributed by atoms with Crippen LogP contribution >= 0.6 is 11.6 Å². The van der Waals surface area contributed by atoms with E-state index in [1.54, 1.807) is 18.2 Å². The zero-order valence-corrected chi connectivity index (χ0v) is 9.54. The number of carbonyl (C=O) groups is 2. The summed E-state index contributed by atoms with van der Waals surface area (Å²) in [5, 5.41) is 11.5. The number of phenolic OH excluding ortho intramolecular Hbond substituents is 1. The van der Waals surface area contributed by atoms with Crippen molar-refractivity contribution in [3.8, 4) is 5.75 Å². The molecule has 0 fully saturated rings. The van der Waals surface area contributed by atoms with E-state index in [0.29, 0.717) is 5.69 Å². The van der Waals surface area contributed by atoms with Gasteiger partial charge in [0.1, 0.15) is 5.75 Å². The molecule has 0 saturated carbocycles. The topological polar surface area (TPSA) is 66.4 Å². The molecule has 2 N–H and O–H groups in total. The molecule has 0 spiro atoms. The third kappa shape index (κ3) is 3.90. The molecule has 86 valence electrons. The van der Waals surface area contributed by atoms with Gasteiger partial charge < -0.3 is 10.4 Å². The maximum Gasteiger partial charge on any atom is 0.224 e. The van der Waals surface area contributed by atoms with Crippen LogP contribution in [-0.2, 0) is 9.59 Å². The van der Waals surface area contributed by atoms with Crippen LogP contribution in [0.3, 0.4) is 0 Å². The largest absolute Gasteiger partial charge is 0.506 e. The smallest absolute Gasteiger partial charge is 0.224 e. The lowest BCUT2D eigenvalue weighted by Crippen LogP contribution is -2.12. The lowest BCUT2D eigenvalue weighted by atomic mass is 10.2. The van der Waals surface area contributed by atoms with Gasteiger partial charge in [0.2, 0.25) is 11.1 Å². The van der Waals surface area contributed by atoms with E-state index in [1.165, 1.54) is 0 Å². The van der Waals surface area contributed by atoms with Crippen molar-refractivity contribution in [1.29, 1.82) is 0 Å². The first kappa shape index (κ1) is 12.5. The highest BCUT2D eigenvalue weighted by atomic mass is 35.5. The molecule has 16 heavy (non-hydrogen) atoms. The van der Waals surface area contributed by atoms with Gasteiger partial charge in [-0.25, -0.2) is 0 Å². The van der Waals surface area contributed by atoms with Crippen LogP contribution in [0.25, 0.3) is 0 Å². The summed E-state index contributed by atoms with van der Waals surface area (Å²) in [5.41, 5.74) is 1.23. The molecule has 1 amide bonds. The molecule has 0 heterocycles. The molecule has 0 saturated heterocycles. The summed E-state index contributed by atoms with van der Waals surface area (Å²) in [6.07, 6.45) is -0.00430. The fourth-order valence-corrected chi connectivity index (χ4v) is 1.27. The number of aryl methyl sites for hydroxylation is 1. The van der Waals surface area contributed by atoms with E-state index in [1.807, 2.05) is 6.92 Å². The summed E-state index contributed by atoms with van der Waals surface area (Å²) in [4.78, 5) is 21.8. The Bertz CT molecular complexity index is 418. The maximum absolute atomic E-state index is 11.3. The third-order valence-corrected chi connectivity index (χ3v) is 2.16. The molecule has 1 rings (SSSR count). The van der Waals surface area contributed by atoms with Crippen LogP contribution in [0.1, 0.15) is 18.4 Å². The Labute approximate surface area is 98.2 Å². The molecular weight excluding hydrogens is 230 g/mol. The SMILES string of the molecule is Cc1ccc(NC(=O)CCC(=O)Cl)c(O)c1. The molecule has 1 aromatic rings. The third-order valence-electron chi connectivity index (χ3n) is 1.98. The molecule has 0 aliphatic rings. The van der Waals surface area contributed by atoms with Crippen molar-refractivity contribution >= 4 is 28.4 Å². The van der Waals surface area contributed by atoms with Crippen LogP contribution in [0.5, 0.6) is 5.75 Å². The van der Waals surface area contributed by atoms with E-state index in [-0.39, 0.29) is 24.5 Å². The van der Waals surface area contributed by atoms with Gasteiger partial charge in [0.05, 0.1) is 5.69 Å². The van der Waals surface area contributed by atoms with E-state index in [4.69, 9.17) is 11.6 Å². The second-order valence-electron chi connectivity index (χ2n) is 3.42. The van der Waals surface area contributed by atoms with Gasteiger partial charge in [-0.1, -0.05) is 6.07 Å². The summed E-state index contributed by atoms with van der Waals surface area (Å²) in [5.74, 6) is -0.348. The van der Waals surface area contributed by atoms with Crippen LogP contribution < -0.4 is 5.32 Å². The number of anilines is 1. The number of rotatable bonds is 4. The van der Waals surface area contributed by atoms with Crippen molar-refractivity contribution in [3.05, 3.63) is 23.8 Å². The Morgan fingerprint density at radius 3 is 2.62 bits per heavy atom. The molecule has 0 unspecified atom stereocenters. The number of amides is 1. The van der Waals surface area contributed by atoms with Gasteiger partial charge in [-0.3, -0.25) is 9.59 Å². The van der Waals surface area contributed by atoms with Crippen molar-refractivity contribution in [2.75, 3.05) is 5.32 Å². The Morgan fingerprint density at radius 2 is 2.06 bits per heavy atom. The lowest BCUT2D eigenvalue weighted by molar-refractivity contribution is -0.119. The summed E-state index contributed by atoms with van der Waals surface area (Å²) >= 11 is 5.11. The number of aromatic hydroxyl groups is 1. The van der Waals surface area contributed by atoms with E-state index in [0.717, 1.165) is 5.56 Å². The monoisotopic (exact) mass is 241 g/mol. The standard InChI is InChI=1S/C11H12ClNO3/c1-7-2-3-8(9(14)6-7)13-11(16)5-4-10(12)15/h2-3,6,14H,4-5H2,1H3,(H,13,16). The van der Waals surface area contributed by atoms with Crippen LogP contribution in [0.2, 0.25) is 0 Å². The number of nitrogens with one attached hydrogen (secondary N) is 1. The number of hydrogen-bond donors (Lipinski definition) is 2. The highest BCUT2D eigenvalue weighted by Gasteiger charge is 2.07. The number of carbonyl (C=O) groups excluding carboxylic acids is 2. The van der Waals surface area contributed by atoms with Crippen molar-refractivity contribution in [1.82, 2.24) is 0 Å². The Balaban J connectivity index is 2.59. The first-order chi connectivity index (χ1) is 7.49. The first-order valence-electron chi connectivity index (χ1n) is 4.77. The molecule has 0 radical (unpaired) electrons. The Kier molecular flexibility index (Phi) is 4.31. The van der Waals surface area contributed by atoms with Gasteiger partial charge in [0.15, 0.2) is 0 Å². The zero-order valence-electron chi connectivity index (χ0n) is 8.79. The van der Waals surface area contributed by atoms with Gasteiger partial charge in [-0.05, 0) is 36.2 Å². The van der Waals surface area contributed by atoms with Gasteiger partial charge in [-0.2, -0.15) is 0 Å². The predicted molar refractivity (Wildman–Crippen MR) is 61.6 cm³/mol. The first-order valence-corrected chi connectivity index (χ1v) is 5.14. The molecule has 0 atom stereocenters. The maximum atomic E-state index is 11.3. The van der Waals surface area contributed by atoms with Crippen LogP contribution in [-0.4, -0.2) is 16.3 Å². The van der Waals surface area contributed by atoms with Gasteiger partial charge in [-0.15, -0.1) is 0 Å². The fourth-order valence-electron chi connectivity index (χ4n) is 1.17. The molecule has 5 heteroatoms. The summed E-state index contributed by atoms with van der Waals surface area (Å²) < 4.78 is 0. The number of halogens is 1. The van der Waals surface area contributed by atoms with E-state index in [2.05, 4.69) is 5.32 Å². The average Bonchev–Trinajstić information content (AvgIpc) is 2.19. The summed E-state index contributed by atoms with van der Waals surface area (Å²) in [6.45, 7) is 1.83. The number of phenols is 1. The van der Waals surface area contributed by atoms with E-state index in [9.17, 15) is 14.7 Å². The number of benzene rings is 1. The van der Waals surface area contributed by atoms with Crippen LogP contribution in [0, 0.1) is 6.92 Å². The average molecular weight is 242 g/mol. The zero-order chi connectivity index (χ0) is 12.1. The second-order valence-corrected chi connectivity index (χ2v) is 3.85. The van der Waals surface area contributed by atoms with Gasteiger partial charge >= 0.3 is 0 Å². The Morgan fingerprint density at radius 1 is 1.38 bits per heavy atom. The molecule has 1 aromatic carbocycles. The highest BCUT2D eigenvalue weighted by molar-refractivity contribution is 6.63. The molecular formula is C11H12ClNO3. The predicted octanol–water partition coefficient (Wildman–Crippen LogP) is 2.18. The molecule has 0 aromatic heterocycles. The molecule has 4 nitrogen and oxygen atoms in total. The van der Waals surface area contributed by atoms with Crippen LogP contribution in [0.4, 0.5) is 5.69 Å². The molecule has 0 aliphatic carbocycles. The van der Waals surface area contributed by atoms with Crippen molar-refractivity contribution < 1.29 is 14.7 Å². The van der Waals surface area contributed by atoms with Crippen molar-refractivity contribution in [3.63, 3.8) is 0 Å². The van der Waals surface area contributed by atoms with Crippen molar-refractivity contribution in [2.24, 2.45) is 0 Å². The number of hydrogen-bond acceptors (Lipinski definition) is 3. The van der Waals surface area contributed by atoms with E-state index < -0.39 is 5.24 Å². The van der Waals surface area contributed by atoms with E-state index >= 15 is 0 Å². The Hall–Kier alpha value is -1.55. The quantitative estimate of drug-likeness (QED) is 0.627. The van der Waals surface area contributed by atoms with Gasteiger partial charge in [0, 0.05) is 12.8 Å². The summed E-state index contributed by atoms with van der Waals surface area (Å²) in [6, 6.07) is 4.91. The lowest BCUT2D eigenvalue weighted by Gasteiger charge is -2.07. The van der Waals surface area contributed by atoms with Gasteiger partial charge in [0.25, 0.3) is 0 Å². The minimum absolute atomic E-state index is 0.00514. The highest BCUT2D eigenvalue weighted by Crippen LogP contribution is 2.23. The minimum Gasteiger partial charge on any atom is -0.506 e. The second kappa shape index (κ2) is 5.51. The normalized spacial score (nSPS) is 9.88. The minimum atomic E-state index is -0.553. The van der Waals surface area contributed by atoms with Crippen LogP contribution in [0.15, 0.2) is 18.2 Å². The molecule has 0 aliphatic heterocycles. The summed E-state index contributed by atoms with van der Waals surface area (Å²) in [7, 11) is 0. The molecule has 0 bridgehead atoms.